The SMILES string of the molecule is CCN1C(=O)C[C@@H](C(=O)O)SC1=Nc1ccc(Cl)cc1. The summed E-state index contributed by atoms with van der Waals surface area (Å²) in [6.07, 6.45) is -0.00647. The first-order valence-electron chi connectivity index (χ1n) is 6.05. The second-order valence-corrected chi connectivity index (χ2v) is 5.76. The summed E-state index contributed by atoms with van der Waals surface area (Å²) in [7, 11) is 0. The minimum atomic E-state index is -0.997. The Hall–Kier alpha value is -1.53. The summed E-state index contributed by atoms with van der Waals surface area (Å²) >= 11 is 6.90. The van der Waals surface area contributed by atoms with Crippen molar-refractivity contribution >= 4 is 46.1 Å². The number of halogens is 1. The van der Waals surface area contributed by atoms with Gasteiger partial charge in [-0.1, -0.05) is 23.4 Å². The molecule has 106 valence electrons. The third kappa shape index (κ3) is 3.32. The highest BCUT2D eigenvalue weighted by molar-refractivity contribution is 8.15. The van der Waals surface area contributed by atoms with Gasteiger partial charge in [-0.15, -0.1) is 0 Å². The van der Waals surface area contributed by atoms with E-state index in [0.717, 1.165) is 11.8 Å². The van der Waals surface area contributed by atoms with Gasteiger partial charge >= 0.3 is 5.97 Å². The van der Waals surface area contributed by atoms with Crippen LogP contribution in [0.2, 0.25) is 5.02 Å². The van der Waals surface area contributed by atoms with Crippen LogP contribution in [0.3, 0.4) is 0 Å². The van der Waals surface area contributed by atoms with Gasteiger partial charge in [0.25, 0.3) is 0 Å². The maximum Gasteiger partial charge on any atom is 0.317 e. The van der Waals surface area contributed by atoms with E-state index in [-0.39, 0.29) is 12.3 Å². The molecule has 0 spiro atoms. The van der Waals surface area contributed by atoms with Crippen LogP contribution in [-0.4, -0.2) is 38.8 Å². The number of benzene rings is 1. The highest BCUT2D eigenvalue weighted by Crippen LogP contribution is 2.29. The van der Waals surface area contributed by atoms with Gasteiger partial charge < -0.3 is 5.11 Å². The molecule has 20 heavy (non-hydrogen) atoms. The number of hydrogen-bond acceptors (Lipinski definition) is 4. The lowest BCUT2D eigenvalue weighted by molar-refractivity contribution is -0.139. The van der Waals surface area contributed by atoms with Crippen molar-refractivity contribution in [2.24, 2.45) is 4.99 Å². The number of thioether (sulfide) groups is 1. The van der Waals surface area contributed by atoms with Crippen molar-refractivity contribution in [1.82, 2.24) is 4.90 Å². The first kappa shape index (κ1) is 14.9. The van der Waals surface area contributed by atoms with E-state index in [4.69, 9.17) is 16.7 Å². The van der Waals surface area contributed by atoms with Gasteiger partial charge in [0.05, 0.1) is 12.1 Å². The van der Waals surface area contributed by atoms with Gasteiger partial charge in [0.15, 0.2) is 5.17 Å². The van der Waals surface area contributed by atoms with E-state index < -0.39 is 11.2 Å². The van der Waals surface area contributed by atoms with E-state index >= 15 is 0 Å². The summed E-state index contributed by atoms with van der Waals surface area (Å²) in [6, 6.07) is 6.83. The third-order valence-corrected chi connectivity index (χ3v) is 4.21. The number of carboxylic acids is 1. The number of hydrogen-bond donors (Lipinski definition) is 1. The summed E-state index contributed by atoms with van der Waals surface area (Å²) < 4.78 is 0. The van der Waals surface area contributed by atoms with Crippen LogP contribution < -0.4 is 0 Å². The topological polar surface area (TPSA) is 70.0 Å². The van der Waals surface area contributed by atoms with E-state index in [0.29, 0.717) is 22.4 Å². The van der Waals surface area contributed by atoms with E-state index in [1.807, 2.05) is 6.92 Å². The fourth-order valence-corrected chi connectivity index (χ4v) is 2.99. The first-order valence-corrected chi connectivity index (χ1v) is 7.31. The van der Waals surface area contributed by atoms with Gasteiger partial charge in [-0.05, 0) is 31.2 Å². The largest absolute Gasteiger partial charge is 0.480 e. The Bertz CT molecular complexity index is 559. The molecule has 1 aliphatic rings. The molecule has 1 aromatic carbocycles. The molecule has 0 aromatic heterocycles. The highest BCUT2D eigenvalue weighted by atomic mass is 35.5. The molecule has 0 radical (unpaired) electrons. The Morgan fingerprint density at radius 1 is 1.50 bits per heavy atom. The van der Waals surface area contributed by atoms with Crippen LogP contribution in [0.5, 0.6) is 0 Å². The average Bonchev–Trinajstić information content (AvgIpc) is 2.41. The Balaban J connectivity index is 2.31. The summed E-state index contributed by atoms with van der Waals surface area (Å²) in [5.41, 5.74) is 0.634. The molecular weight excluding hydrogens is 300 g/mol. The van der Waals surface area contributed by atoms with Crippen LogP contribution in [-0.2, 0) is 9.59 Å². The summed E-state index contributed by atoms with van der Waals surface area (Å²) in [5, 5.41) is 9.30. The number of carbonyl (C=O) groups excluding carboxylic acids is 1. The molecule has 5 nitrogen and oxygen atoms in total. The predicted molar refractivity (Wildman–Crippen MR) is 79.6 cm³/mol. The van der Waals surface area contributed by atoms with Crippen molar-refractivity contribution in [1.29, 1.82) is 0 Å². The number of amides is 1. The molecule has 0 saturated carbocycles. The van der Waals surface area contributed by atoms with Crippen molar-refractivity contribution in [2.45, 2.75) is 18.6 Å². The fraction of sp³-hybridized carbons (Fsp3) is 0.308. The fourth-order valence-electron chi connectivity index (χ4n) is 1.77. The van der Waals surface area contributed by atoms with E-state index in [2.05, 4.69) is 4.99 Å². The molecule has 0 bridgehead atoms. The molecular formula is C13H13ClN2O3S. The summed E-state index contributed by atoms with van der Waals surface area (Å²) in [4.78, 5) is 28.9. The van der Waals surface area contributed by atoms with Crippen molar-refractivity contribution in [3.05, 3.63) is 29.3 Å². The number of carbonyl (C=O) groups is 2. The molecule has 1 fully saturated rings. The Morgan fingerprint density at radius 2 is 2.15 bits per heavy atom. The molecule has 1 atom stereocenters. The lowest BCUT2D eigenvalue weighted by Crippen LogP contribution is -2.43. The standard InChI is InChI=1S/C13H13ClN2O3S/c1-2-16-11(17)7-10(12(18)19)20-13(16)15-9-5-3-8(14)4-6-9/h3-6,10H,2,7H2,1H3,(H,18,19)/t10-/m0/s1. The van der Waals surface area contributed by atoms with Gasteiger partial charge in [0, 0.05) is 11.6 Å². The molecule has 1 heterocycles. The van der Waals surface area contributed by atoms with Crippen molar-refractivity contribution in [2.75, 3.05) is 6.54 Å². The Kier molecular flexibility index (Phi) is 4.67. The minimum Gasteiger partial charge on any atom is -0.480 e. The normalized spacial score (nSPS) is 21.3. The number of amidine groups is 1. The third-order valence-electron chi connectivity index (χ3n) is 2.78. The Morgan fingerprint density at radius 3 is 2.70 bits per heavy atom. The van der Waals surface area contributed by atoms with Crippen LogP contribution in [0.4, 0.5) is 5.69 Å². The second-order valence-electron chi connectivity index (χ2n) is 4.16. The molecule has 1 saturated heterocycles. The molecule has 1 aromatic rings. The highest BCUT2D eigenvalue weighted by Gasteiger charge is 2.34. The van der Waals surface area contributed by atoms with Gasteiger partial charge in [-0.3, -0.25) is 14.5 Å². The molecule has 2 rings (SSSR count). The molecule has 1 aliphatic heterocycles. The minimum absolute atomic E-state index is 0.00647. The molecule has 1 N–H and O–H groups in total. The molecule has 1 amide bonds. The first-order chi connectivity index (χ1) is 9.51. The number of carboxylic acid groups (broad SMARTS) is 1. The lowest BCUT2D eigenvalue weighted by Gasteiger charge is -2.29. The van der Waals surface area contributed by atoms with Crippen molar-refractivity contribution in [3.63, 3.8) is 0 Å². The predicted octanol–water partition coefficient (Wildman–Crippen LogP) is 2.77. The monoisotopic (exact) mass is 312 g/mol. The quantitative estimate of drug-likeness (QED) is 0.931. The number of aliphatic imine (C=N–C) groups is 1. The zero-order chi connectivity index (χ0) is 14.7. The van der Waals surface area contributed by atoms with Crippen LogP contribution in [0.25, 0.3) is 0 Å². The zero-order valence-electron chi connectivity index (χ0n) is 10.7. The van der Waals surface area contributed by atoms with E-state index in [1.165, 1.54) is 4.90 Å². The maximum atomic E-state index is 11.9. The second kappa shape index (κ2) is 6.28. The van der Waals surface area contributed by atoms with E-state index in [9.17, 15) is 9.59 Å². The van der Waals surface area contributed by atoms with E-state index in [1.54, 1.807) is 24.3 Å². The summed E-state index contributed by atoms with van der Waals surface area (Å²) in [6.45, 7) is 2.29. The van der Waals surface area contributed by atoms with Gasteiger partial charge in [0.2, 0.25) is 5.91 Å². The number of aliphatic carboxylic acids is 1. The van der Waals surface area contributed by atoms with Gasteiger partial charge in [-0.2, -0.15) is 0 Å². The summed E-state index contributed by atoms with van der Waals surface area (Å²) in [5.74, 6) is -1.21. The molecule has 7 heteroatoms. The van der Waals surface area contributed by atoms with Crippen LogP contribution >= 0.6 is 23.4 Å². The average molecular weight is 313 g/mol. The van der Waals surface area contributed by atoms with Crippen LogP contribution in [0.1, 0.15) is 13.3 Å². The number of nitrogens with zero attached hydrogens (tertiary/aromatic N) is 2. The smallest absolute Gasteiger partial charge is 0.317 e. The maximum absolute atomic E-state index is 11.9. The molecule has 0 aliphatic carbocycles. The van der Waals surface area contributed by atoms with Crippen LogP contribution in [0, 0.1) is 0 Å². The van der Waals surface area contributed by atoms with Crippen LogP contribution in [0.15, 0.2) is 29.3 Å². The number of rotatable bonds is 3. The van der Waals surface area contributed by atoms with Gasteiger partial charge in [0.1, 0.15) is 5.25 Å². The Labute approximate surface area is 125 Å². The molecule has 0 unspecified atom stereocenters. The lowest BCUT2D eigenvalue weighted by atomic mass is 10.2. The zero-order valence-corrected chi connectivity index (χ0v) is 12.3. The van der Waals surface area contributed by atoms with Crippen molar-refractivity contribution < 1.29 is 14.7 Å². The van der Waals surface area contributed by atoms with Gasteiger partial charge in [-0.25, -0.2) is 4.99 Å². The van der Waals surface area contributed by atoms with Crippen molar-refractivity contribution in [3.8, 4) is 0 Å².